The number of aliphatic hydroxyl groups is 2. The van der Waals surface area contributed by atoms with Gasteiger partial charge < -0.3 is 35.2 Å². The Morgan fingerprint density at radius 2 is 1.34 bits per heavy atom. The van der Waals surface area contributed by atoms with Gasteiger partial charge in [0, 0.05) is 12.1 Å². The van der Waals surface area contributed by atoms with Gasteiger partial charge in [0.1, 0.15) is 12.4 Å². The van der Waals surface area contributed by atoms with Crippen molar-refractivity contribution < 1.29 is 44.7 Å². The zero-order valence-corrected chi connectivity index (χ0v) is 44.1. The van der Waals surface area contributed by atoms with Crippen LogP contribution in [0.4, 0.5) is 0 Å². The first-order valence-corrected chi connectivity index (χ1v) is 26.2. The molecule has 7 rings (SSSR count). The van der Waals surface area contributed by atoms with Gasteiger partial charge in [-0.15, -0.1) is 0 Å². The van der Waals surface area contributed by atoms with Gasteiger partial charge in [-0.3, -0.25) is 9.59 Å². The molecule has 0 spiro atoms. The lowest BCUT2D eigenvalue weighted by molar-refractivity contribution is -0.170. The largest absolute Gasteiger partial charge is 0.492 e. The number of halogens is 1. The summed E-state index contributed by atoms with van der Waals surface area (Å²) in [5.41, 5.74) is 5.53. The van der Waals surface area contributed by atoms with Gasteiger partial charge >= 0.3 is 17.9 Å². The summed E-state index contributed by atoms with van der Waals surface area (Å²) in [6, 6.07) is 28.6. The van der Waals surface area contributed by atoms with Crippen molar-refractivity contribution in [1.82, 2.24) is 4.90 Å². The fourth-order valence-corrected chi connectivity index (χ4v) is 12.0. The lowest BCUT2D eigenvalue weighted by Gasteiger charge is -2.55. The van der Waals surface area contributed by atoms with Crippen molar-refractivity contribution in [2.24, 2.45) is 46.3 Å². The van der Waals surface area contributed by atoms with Crippen LogP contribution in [-0.2, 0) is 14.4 Å². The van der Waals surface area contributed by atoms with Crippen molar-refractivity contribution >= 4 is 40.1 Å². The van der Waals surface area contributed by atoms with Crippen LogP contribution in [0.5, 0.6) is 5.75 Å². The average Bonchev–Trinajstić information content (AvgIpc) is 3.70. The fourth-order valence-electron chi connectivity index (χ4n) is 11.6. The molecule has 3 fully saturated rings. The smallest absolute Gasteiger partial charge is 0.336 e. The van der Waals surface area contributed by atoms with Crippen LogP contribution < -0.4 is 4.74 Å². The highest BCUT2D eigenvalue weighted by Gasteiger charge is 2.56. The molecule has 0 amide bonds. The van der Waals surface area contributed by atoms with Crippen molar-refractivity contribution in [3.63, 3.8) is 0 Å². The molecule has 5 N–H and O–H groups in total. The van der Waals surface area contributed by atoms with Crippen LogP contribution in [0.25, 0.3) is 10.6 Å². The third-order valence-electron chi connectivity index (χ3n) is 16.3. The quantitative estimate of drug-likeness (QED) is 0.0612. The minimum Gasteiger partial charge on any atom is -0.492 e. The molecular weight excluding hydrogens is 914 g/mol. The maximum absolute atomic E-state index is 10.3. The molecular formula is C60H80ClNO9. The highest BCUT2D eigenvalue weighted by atomic mass is 35.5. The van der Waals surface area contributed by atoms with Gasteiger partial charge in [-0.1, -0.05) is 175 Å². The van der Waals surface area contributed by atoms with Gasteiger partial charge in [0.15, 0.2) is 5.60 Å². The van der Waals surface area contributed by atoms with Gasteiger partial charge in [0.05, 0.1) is 24.0 Å². The van der Waals surface area contributed by atoms with Gasteiger partial charge in [-0.25, -0.2) is 4.79 Å². The van der Waals surface area contributed by atoms with E-state index in [4.69, 9.17) is 36.8 Å². The minimum absolute atomic E-state index is 0.116. The predicted octanol–water partition coefficient (Wildman–Crippen LogP) is 12.6. The van der Waals surface area contributed by atoms with Crippen molar-refractivity contribution in [3.8, 4) is 5.75 Å². The number of carboxylic acid groups (broad SMARTS) is 3. The number of carboxylic acids is 3. The maximum atomic E-state index is 10.3. The molecule has 4 aliphatic carbocycles. The van der Waals surface area contributed by atoms with Gasteiger partial charge in [-0.2, -0.15) is 0 Å². The van der Waals surface area contributed by atoms with Crippen LogP contribution in [-0.4, -0.2) is 86.3 Å². The van der Waals surface area contributed by atoms with Crippen molar-refractivity contribution in [2.45, 2.75) is 125 Å². The Balaban J connectivity index is 0.000000213. The zero-order valence-electron chi connectivity index (χ0n) is 43.3. The number of hydrogen-bond acceptors (Lipinski definition) is 7. The number of carbonyl (C=O) groups is 3. The zero-order chi connectivity index (χ0) is 52.1. The number of ether oxygens (including phenoxy) is 1. The van der Waals surface area contributed by atoms with Crippen LogP contribution in [0.2, 0.25) is 0 Å². The summed E-state index contributed by atoms with van der Waals surface area (Å²) in [6.07, 6.45) is 16.1. The monoisotopic (exact) mass is 994 g/mol. The number of fused-ring (bicyclic) bond motifs is 5. The first-order chi connectivity index (χ1) is 33.7. The third-order valence-corrected chi connectivity index (χ3v) is 16.7. The van der Waals surface area contributed by atoms with E-state index in [1.165, 1.54) is 37.7 Å². The van der Waals surface area contributed by atoms with Crippen molar-refractivity contribution in [1.29, 1.82) is 0 Å². The summed E-state index contributed by atoms with van der Waals surface area (Å²) in [6.45, 7) is 22.7. The van der Waals surface area contributed by atoms with E-state index in [9.17, 15) is 19.5 Å². The minimum atomic E-state index is -2.74. The summed E-state index contributed by atoms with van der Waals surface area (Å²) in [7, 11) is 0. The van der Waals surface area contributed by atoms with Crippen molar-refractivity contribution in [3.05, 3.63) is 137 Å². The van der Waals surface area contributed by atoms with Crippen molar-refractivity contribution in [2.75, 3.05) is 26.2 Å². The SMILES string of the molecule is CC(C)[C@@H](C)/C=C/[C@@H](C)[C@H]1CC[C@H]2C3=CC=C4C[C@@H](O)CC[C@]4(C)[C@H]3CC[C@]12C.CCN(CC)CCOc1ccc(C(=C(Cl)c2ccccc2)c2ccccc2)cc1.O=C(O)CC(O)(CC(=O)O)C(=O)O. The van der Waals surface area contributed by atoms with Crippen LogP contribution in [0.1, 0.15) is 130 Å². The second-order valence-corrected chi connectivity index (χ2v) is 21.5. The Kier molecular flexibility index (Phi) is 20.5. The molecule has 386 valence electrons. The van der Waals surface area contributed by atoms with E-state index < -0.39 is 36.4 Å². The van der Waals surface area contributed by atoms with E-state index in [2.05, 4.69) is 109 Å². The first-order valence-electron chi connectivity index (χ1n) is 25.8. The van der Waals surface area contributed by atoms with Crippen LogP contribution in [0.15, 0.2) is 120 Å². The van der Waals surface area contributed by atoms with E-state index in [-0.39, 0.29) is 6.10 Å². The molecule has 0 saturated heterocycles. The predicted molar refractivity (Wildman–Crippen MR) is 285 cm³/mol. The Morgan fingerprint density at radius 1 is 0.761 bits per heavy atom. The second-order valence-electron chi connectivity index (χ2n) is 21.2. The Bertz CT molecular complexity index is 2340. The standard InChI is InChI=1S/C28H44O.C26H28ClNO.C6H8O7/c1-18(2)19(3)7-8-20(4)24-11-12-25-23-10-9-21-17-22(29)13-15-27(21,5)26(23)14-16-28(24,25)6;1-3-28(4-2)19-20-29-24-17-15-22(16-18-24)25(21-11-7-5-8-12-21)26(27)23-13-9-6-10-14-23;7-3(8)1-6(13,5(11)12)2-4(9)10/h7-10,18-20,22,24-26,29H,11-17H2,1-6H3;5-18H,3-4,19-20H2,1-2H3;13H,1-2H2,(H,7,8)(H,9,10)(H,11,12)/b8-7+;;/t19-,20+,22-,24+,25-,26-,27-,28+;;/m0../s1. The number of aliphatic carboxylic acids is 3. The molecule has 11 heteroatoms. The van der Waals surface area contributed by atoms with Crippen LogP contribution >= 0.6 is 11.6 Å². The van der Waals surface area contributed by atoms with Crippen LogP contribution in [0.3, 0.4) is 0 Å². The number of allylic oxidation sites excluding steroid dienone is 5. The number of likely N-dealkylation sites (N-methyl/N-ethyl adjacent to an activating group) is 1. The number of benzene rings is 3. The lowest BCUT2D eigenvalue weighted by atomic mass is 9.50. The molecule has 0 aromatic heterocycles. The Morgan fingerprint density at radius 3 is 1.89 bits per heavy atom. The molecule has 0 bridgehead atoms. The lowest BCUT2D eigenvalue weighted by Crippen LogP contribution is -2.46. The maximum Gasteiger partial charge on any atom is 0.336 e. The summed E-state index contributed by atoms with van der Waals surface area (Å²) in [5, 5.41) is 44.8. The molecule has 4 aliphatic rings. The van der Waals surface area contributed by atoms with Gasteiger partial charge in [0.2, 0.25) is 0 Å². The highest BCUT2D eigenvalue weighted by Crippen LogP contribution is 2.66. The van der Waals surface area contributed by atoms with E-state index in [0.717, 1.165) is 89.2 Å². The molecule has 0 heterocycles. The Hall–Kier alpha value is -5.00. The number of rotatable bonds is 18. The summed E-state index contributed by atoms with van der Waals surface area (Å²) in [4.78, 5) is 32.8. The normalized spacial score (nSPS) is 24.9. The number of aliphatic hydroxyl groups excluding tert-OH is 1. The molecule has 0 radical (unpaired) electrons. The molecule has 71 heavy (non-hydrogen) atoms. The molecule has 3 saturated carbocycles. The van der Waals surface area contributed by atoms with E-state index in [0.29, 0.717) is 29.3 Å². The van der Waals surface area contributed by atoms with Crippen LogP contribution in [0, 0.1) is 46.3 Å². The molecule has 0 aliphatic heterocycles. The second kappa shape index (κ2) is 25.6. The molecule has 10 nitrogen and oxygen atoms in total. The summed E-state index contributed by atoms with van der Waals surface area (Å²) in [5.74, 6) is 0.242. The molecule has 8 atom stereocenters. The summed E-state index contributed by atoms with van der Waals surface area (Å²) < 4.78 is 5.94. The van der Waals surface area contributed by atoms with Gasteiger partial charge in [0.25, 0.3) is 0 Å². The van der Waals surface area contributed by atoms with E-state index >= 15 is 0 Å². The Labute approximate surface area is 428 Å². The van der Waals surface area contributed by atoms with E-state index in [1.54, 1.807) is 5.57 Å². The van der Waals surface area contributed by atoms with E-state index in [1.807, 2.05) is 60.7 Å². The average molecular weight is 995 g/mol. The molecule has 3 aromatic carbocycles. The highest BCUT2D eigenvalue weighted by molar-refractivity contribution is 6.53. The van der Waals surface area contributed by atoms with Gasteiger partial charge in [-0.05, 0) is 133 Å². The number of hydrogen-bond donors (Lipinski definition) is 5. The first kappa shape index (κ1) is 56.9. The topological polar surface area (TPSA) is 165 Å². The molecule has 3 aromatic rings. The third kappa shape index (κ3) is 14.4. The number of nitrogens with zero attached hydrogens (tertiary/aromatic N) is 1. The summed E-state index contributed by atoms with van der Waals surface area (Å²) >= 11 is 6.87. The fraction of sp³-hybridized carbons (Fsp3) is 0.517. The molecule has 0 unspecified atom stereocenters.